The quantitative estimate of drug-likeness (QED) is 0.714. The fourth-order valence-electron chi connectivity index (χ4n) is 3.88. The van der Waals surface area contributed by atoms with E-state index in [0.29, 0.717) is 18.3 Å². The van der Waals surface area contributed by atoms with Crippen molar-refractivity contribution in [1.82, 2.24) is 29.2 Å². The summed E-state index contributed by atoms with van der Waals surface area (Å²) in [6.07, 6.45) is 9.04. The van der Waals surface area contributed by atoms with Crippen LogP contribution < -0.4 is 0 Å². The fourth-order valence-corrected chi connectivity index (χ4v) is 3.88. The van der Waals surface area contributed by atoms with Gasteiger partial charge in [-0.25, -0.2) is 4.98 Å². The van der Waals surface area contributed by atoms with E-state index < -0.39 is 0 Å². The summed E-state index contributed by atoms with van der Waals surface area (Å²) in [4.78, 5) is 23.5. The number of nitrogens with zero attached hydrogens (tertiary/aromatic N) is 6. The molecule has 0 radical (unpaired) electrons. The van der Waals surface area contributed by atoms with Crippen LogP contribution in [0.4, 0.5) is 0 Å². The Labute approximate surface area is 158 Å². The maximum absolute atomic E-state index is 12.8. The monoisotopic (exact) mass is 364 g/mol. The van der Waals surface area contributed by atoms with Gasteiger partial charge in [0.15, 0.2) is 0 Å². The molecule has 0 saturated carbocycles. The summed E-state index contributed by atoms with van der Waals surface area (Å²) < 4.78 is 4.07. The summed E-state index contributed by atoms with van der Waals surface area (Å²) in [5.41, 5.74) is 2.89. The SMILES string of the molecule is CCn1nccc1C(=O)N1CCC(n2c(C)cnc2-c2ccncc2)CC1. The lowest BCUT2D eigenvalue weighted by molar-refractivity contribution is 0.0682. The van der Waals surface area contributed by atoms with E-state index in [0.717, 1.165) is 43.0 Å². The number of aromatic nitrogens is 5. The maximum atomic E-state index is 12.8. The molecule has 4 rings (SSSR count). The highest BCUT2D eigenvalue weighted by atomic mass is 16.2. The second-order valence-corrected chi connectivity index (χ2v) is 6.88. The van der Waals surface area contributed by atoms with E-state index in [2.05, 4.69) is 26.6 Å². The van der Waals surface area contributed by atoms with Crippen molar-refractivity contribution >= 4 is 5.91 Å². The van der Waals surface area contributed by atoms with E-state index in [4.69, 9.17) is 0 Å². The van der Waals surface area contributed by atoms with E-state index in [1.54, 1.807) is 29.3 Å². The number of carbonyl (C=O) groups is 1. The van der Waals surface area contributed by atoms with Crippen molar-refractivity contribution in [2.45, 2.75) is 39.3 Å². The van der Waals surface area contributed by atoms with Crippen LogP contribution in [-0.4, -0.2) is 48.2 Å². The maximum Gasteiger partial charge on any atom is 0.272 e. The van der Waals surface area contributed by atoms with Crippen LogP contribution in [0.3, 0.4) is 0 Å². The first-order valence-electron chi connectivity index (χ1n) is 9.44. The Morgan fingerprint density at radius 2 is 1.89 bits per heavy atom. The minimum absolute atomic E-state index is 0.0736. The zero-order valence-electron chi connectivity index (χ0n) is 15.7. The second kappa shape index (κ2) is 7.34. The largest absolute Gasteiger partial charge is 0.337 e. The summed E-state index contributed by atoms with van der Waals surface area (Å²) in [6.45, 7) is 6.28. The van der Waals surface area contributed by atoms with Crippen molar-refractivity contribution in [3.05, 3.63) is 54.4 Å². The number of hydrogen-bond acceptors (Lipinski definition) is 4. The van der Waals surface area contributed by atoms with E-state index >= 15 is 0 Å². The first kappa shape index (κ1) is 17.5. The van der Waals surface area contributed by atoms with E-state index in [-0.39, 0.29) is 5.91 Å². The third-order valence-electron chi connectivity index (χ3n) is 5.27. The van der Waals surface area contributed by atoms with Crippen LogP contribution in [-0.2, 0) is 6.54 Å². The van der Waals surface area contributed by atoms with Crippen molar-refractivity contribution in [3.63, 3.8) is 0 Å². The summed E-state index contributed by atoms with van der Waals surface area (Å²) in [5, 5.41) is 4.21. The Balaban J connectivity index is 1.51. The molecule has 4 heterocycles. The van der Waals surface area contributed by atoms with Crippen LogP contribution in [0.5, 0.6) is 0 Å². The molecule has 7 heteroatoms. The van der Waals surface area contributed by atoms with Gasteiger partial charge in [-0.1, -0.05) is 0 Å². The summed E-state index contributed by atoms with van der Waals surface area (Å²) in [5.74, 6) is 1.05. The van der Waals surface area contributed by atoms with Crippen LogP contribution in [0, 0.1) is 6.92 Å². The lowest BCUT2D eigenvalue weighted by Crippen LogP contribution is -2.40. The molecule has 0 unspecified atom stereocenters. The molecule has 7 nitrogen and oxygen atoms in total. The Bertz CT molecular complexity index is 921. The van der Waals surface area contributed by atoms with Gasteiger partial charge in [-0.3, -0.25) is 14.5 Å². The average Bonchev–Trinajstić information content (AvgIpc) is 3.34. The Hall–Kier alpha value is -2.96. The molecule has 1 amide bonds. The zero-order valence-corrected chi connectivity index (χ0v) is 15.7. The highest BCUT2D eigenvalue weighted by molar-refractivity contribution is 5.92. The van der Waals surface area contributed by atoms with Crippen LogP contribution in [0.25, 0.3) is 11.4 Å². The molecule has 0 aliphatic carbocycles. The van der Waals surface area contributed by atoms with Gasteiger partial charge in [-0.2, -0.15) is 5.10 Å². The molecule has 1 fully saturated rings. The number of aryl methyl sites for hydroxylation is 2. The third kappa shape index (κ3) is 3.25. The van der Waals surface area contributed by atoms with Crippen molar-refractivity contribution in [1.29, 1.82) is 0 Å². The van der Waals surface area contributed by atoms with Gasteiger partial charge in [0.2, 0.25) is 0 Å². The van der Waals surface area contributed by atoms with E-state index in [1.807, 2.05) is 30.2 Å². The zero-order chi connectivity index (χ0) is 18.8. The Morgan fingerprint density at radius 1 is 1.15 bits per heavy atom. The van der Waals surface area contributed by atoms with Gasteiger partial charge in [0, 0.05) is 61.7 Å². The van der Waals surface area contributed by atoms with Gasteiger partial charge in [0.1, 0.15) is 11.5 Å². The molecule has 1 saturated heterocycles. The van der Waals surface area contributed by atoms with Gasteiger partial charge < -0.3 is 9.47 Å². The second-order valence-electron chi connectivity index (χ2n) is 6.88. The molecule has 0 N–H and O–H groups in total. The number of piperidine rings is 1. The minimum atomic E-state index is 0.0736. The number of carbonyl (C=O) groups excluding carboxylic acids is 1. The van der Waals surface area contributed by atoms with E-state index in [9.17, 15) is 4.79 Å². The van der Waals surface area contributed by atoms with E-state index in [1.165, 1.54) is 0 Å². The molecule has 0 atom stereocenters. The summed E-state index contributed by atoms with van der Waals surface area (Å²) in [7, 11) is 0. The lowest BCUT2D eigenvalue weighted by Gasteiger charge is -2.34. The van der Waals surface area contributed by atoms with Crippen LogP contribution >= 0.6 is 0 Å². The number of pyridine rings is 1. The molecule has 0 bridgehead atoms. The molecule has 3 aromatic heterocycles. The highest BCUT2D eigenvalue weighted by Crippen LogP contribution is 2.30. The van der Waals surface area contributed by atoms with Crippen LogP contribution in [0.1, 0.15) is 42.0 Å². The van der Waals surface area contributed by atoms with Gasteiger partial charge in [0.05, 0.1) is 0 Å². The first-order chi connectivity index (χ1) is 13.2. The number of imidazole rings is 1. The first-order valence-corrected chi connectivity index (χ1v) is 9.44. The summed E-state index contributed by atoms with van der Waals surface area (Å²) in [6, 6.07) is 6.13. The highest BCUT2D eigenvalue weighted by Gasteiger charge is 2.28. The normalized spacial score (nSPS) is 15.3. The smallest absolute Gasteiger partial charge is 0.272 e. The molecule has 3 aromatic rings. The molecule has 0 spiro atoms. The summed E-state index contributed by atoms with van der Waals surface area (Å²) >= 11 is 0. The third-order valence-corrected chi connectivity index (χ3v) is 5.27. The van der Waals surface area contributed by atoms with Crippen molar-refractivity contribution < 1.29 is 4.79 Å². The number of likely N-dealkylation sites (tertiary alicyclic amines) is 1. The van der Waals surface area contributed by atoms with Crippen molar-refractivity contribution in [2.75, 3.05) is 13.1 Å². The number of hydrogen-bond donors (Lipinski definition) is 0. The lowest BCUT2D eigenvalue weighted by atomic mass is 10.0. The minimum Gasteiger partial charge on any atom is -0.337 e. The molecule has 1 aliphatic rings. The van der Waals surface area contributed by atoms with Crippen LogP contribution in [0.2, 0.25) is 0 Å². The van der Waals surface area contributed by atoms with Gasteiger partial charge in [-0.05, 0) is 44.9 Å². The topological polar surface area (TPSA) is 68.8 Å². The number of rotatable bonds is 4. The predicted molar refractivity (Wildman–Crippen MR) is 102 cm³/mol. The Kier molecular flexibility index (Phi) is 4.75. The van der Waals surface area contributed by atoms with Crippen molar-refractivity contribution in [2.24, 2.45) is 0 Å². The van der Waals surface area contributed by atoms with Gasteiger partial charge in [-0.15, -0.1) is 0 Å². The molecule has 27 heavy (non-hydrogen) atoms. The molecule has 0 aromatic carbocycles. The van der Waals surface area contributed by atoms with Crippen molar-refractivity contribution in [3.8, 4) is 11.4 Å². The molecule has 140 valence electrons. The van der Waals surface area contributed by atoms with Crippen LogP contribution in [0.15, 0.2) is 43.0 Å². The molecular weight excluding hydrogens is 340 g/mol. The molecule has 1 aliphatic heterocycles. The van der Waals surface area contributed by atoms with Gasteiger partial charge >= 0.3 is 0 Å². The van der Waals surface area contributed by atoms with Gasteiger partial charge in [0.25, 0.3) is 5.91 Å². The standard InChI is InChI=1S/C20H24N6O/c1-3-25-18(6-11-23-25)20(27)24-12-7-17(8-13-24)26-15(2)14-22-19(26)16-4-9-21-10-5-16/h4-6,9-11,14,17H,3,7-8,12-13H2,1-2H3. The number of amides is 1. The average molecular weight is 364 g/mol. The fraction of sp³-hybridized carbons (Fsp3) is 0.400. The molecular formula is C20H24N6O. The predicted octanol–water partition coefficient (Wildman–Crippen LogP) is 2.95. The Morgan fingerprint density at radius 3 is 2.59 bits per heavy atom.